The second kappa shape index (κ2) is 8.34. The van der Waals surface area contributed by atoms with E-state index in [1.165, 1.54) is 0 Å². The summed E-state index contributed by atoms with van der Waals surface area (Å²) < 4.78 is 5.38. The fourth-order valence-corrected chi connectivity index (χ4v) is 3.30. The van der Waals surface area contributed by atoms with Crippen molar-refractivity contribution in [3.8, 4) is 0 Å². The smallest absolute Gasteiger partial charge is 0.227 e. The average molecular weight is 359 g/mol. The molecule has 1 heterocycles. The molecule has 1 fully saturated rings. The average Bonchev–Trinajstić information content (AvgIpc) is 2.56. The van der Waals surface area contributed by atoms with E-state index in [9.17, 15) is 4.79 Å². The van der Waals surface area contributed by atoms with E-state index in [4.69, 9.17) is 27.9 Å². The van der Waals surface area contributed by atoms with E-state index in [0.717, 1.165) is 31.5 Å². The predicted molar refractivity (Wildman–Crippen MR) is 94.3 cm³/mol. The predicted octanol–water partition coefficient (Wildman–Crippen LogP) is 3.23. The van der Waals surface area contributed by atoms with Crippen LogP contribution in [0.15, 0.2) is 18.2 Å². The summed E-state index contributed by atoms with van der Waals surface area (Å²) >= 11 is 12.0. The third-order valence-electron chi connectivity index (χ3n) is 4.59. The molecular weight excluding hydrogens is 335 g/mol. The molecule has 1 unspecified atom stereocenters. The van der Waals surface area contributed by atoms with Gasteiger partial charge in [0.15, 0.2) is 0 Å². The van der Waals surface area contributed by atoms with E-state index in [-0.39, 0.29) is 17.2 Å². The van der Waals surface area contributed by atoms with Crippen molar-refractivity contribution in [2.75, 3.05) is 33.4 Å². The minimum atomic E-state index is -0.272. The fraction of sp³-hybridized carbons (Fsp3) is 0.588. The summed E-state index contributed by atoms with van der Waals surface area (Å²) in [7, 11) is 1.71. The normalized spacial score (nSPS) is 18.4. The van der Waals surface area contributed by atoms with Crippen molar-refractivity contribution < 1.29 is 9.53 Å². The molecular formula is C17H24Cl2N2O2. The number of halogens is 2. The van der Waals surface area contributed by atoms with Gasteiger partial charge in [-0.25, -0.2) is 0 Å². The van der Waals surface area contributed by atoms with Crippen LogP contribution in [-0.2, 0) is 9.53 Å². The SMILES string of the molecule is COCC1(CNC(=O)C(C)c2ccc(Cl)c(Cl)c2)CCNCC1. The Balaban J connectivity index is 1.98. The van der Waals surface area contributed by atoms with Crippen LogP contribution in [0.25, 0.3) is 0 Å². The van der Waals surface area contributed by atoms with Gasteiger partial charge in [0, 0.05) is 19.1 Å². The van der Waals surface area contributed by atoms with Crippen LogP contribution in [0.5, 0.6) is 0 Å². The number of piperidine rings is 1. The molecule has 0 radical (unpaired) electrons. The van der Waals surface area contributed by atoms with Crippen LogP contribution in [0.3, 0.4) is 0 Å². The van der Waals surface area contributed by atoms with Gasteiger partial charge in [0.25, 0.3) is 0 Å². The second-order valence-corrected chi connectivity index (χ2v) is 7.11. The molecule has 1 aromatic rings. The highest BCUT2D eigenvalue weighted by molar-refractivity contribution is 6.42. The Bertz CT molecular complexity index is 540. The highest BCUT2D eigenvalue weighted by atomic mass is 35.5. The van der Waals surface area contributed by atoms with Crippen molar-refractivity contribution in [1.82, 2.24) is 10.6 Å². The zero-order chi connectivity index (χ0) is 16.9. The molecule has 1 atom stereocenters. The Kier molecular flexibility index (Phi) is 6.72. The van der Waals surface area contributed by atoms with Gasteiger partial charge in [-0.05, 0) is 50.6 Å². The van der Waals surface area contributed by atoms with Gasteiger partial charge >= 0.3 is 0 Å². The number of ether oxygens (including phenoxy) is 1. The van der Waals surface area contributed by atoms with Crippen molar-refractivity contribution in [3.63, 3.8) is 0 Å². The minimum absolute atomic E-state index is 0.00241. The largest absolute Gasteiger partial charge is 0.384 e. The lowest BCUT2D eigenvalue weighted by Crippen LogP contribution is -2.47. The molecule has 2 rings (SSSR count). The molecule has 1 saturated heterocycles. The van der Waals surface area contributed by atoms with Crippen LogP contribution in [0, 0.1) is 5.41 Å². The molecule has 0 aromatic heterocycles. The number of rotatable bonds is 6. The van der Waals surface area contributed by atoms with E-state index >= 15 is 0 Å². The van der Waals surface area contributed by atoms with Crippen molar-refractivity contribution in [3.05, 3.63) is 33.8 Å². The maximum atomic E-state index is 12.5. The molecule has 1 amide bonds. The maximum Gasteiger partial charge on any atom is 0.227 e. The van der Waals surface area contributed by atoms with Gasteiger partial charge in [0.2, 0.25) is 5.91 Å². The van der Waals surface area contributed by atoms with Gasteiger partial charge in [0.1, 0.15) is 0 Å². The Hall–Kier alpha value is -0.810. The number of nitrogens with one attached hydrogen (secondary N) is 2. The standard InChI is InChI=1S/C17H24Cl2N2O2/c1-12(13-3-4-14(18)15(19)9-13)16(22)21-10-17(11-23-2)5-7-20-8-6-17/h3-4,9,12,20H,5-8,10-11H2,1-2H3,(H,21,22). The number of amides is 1. The summed E-state index contributed by atoms with van der Waals surface area (Å²) in [6, 6.07) is 5.32. The Morgan fingerprint density at radius 3 is 2.65 bits per heavy atom. The lowest BCUT2D eigenvalue weighted by atomic mass is 9.79. The van der Waals surface area contributed by atoms with Crippen molar-refractivity contribution in [2.45, 2.75) is 25.7 Å². The van der Waals surface area contributed by atoms with Crippen LogP contribution < -0.4 is 10.6 Å². The maximum absolute atomic E-state index is 12.5. The summed E-state index contributed by atoms with van der Waals surface area (Å²) in [5.74, 6) is -0.275. The molecule has 1 aromatic carbocycles. The van der Waals surface area contributed by atoms with Crippen LogP contribution in [0.4, 0.5) is 0 Å². The van der Waals surface area contributed by atoms with Crippen molar-refractivity contribution in [1.29, 1.82) is 0 Å². The molecule has 6 heteroatoms. The van der Waals surface area contributed by atoms with Gasteiger partial charge in [-0.1, -0.05) is 29.3 Å². The fourth-order valence-electron chi connectivity index (χ4n) is 3.00. The Morgan fingerprint density at radius 1 is 1.35 bits per heavy atom. The van der Waals surface area contributed by atoms with Crippen LogP contribution in [0.1, 0.15) is 31.2 Å². The summed E-state index contributed by atoms with van der Waals surface area (Å²) in [5.41, 5.74) is 0.885. The quantitative estimate of drug-likeness (QED) is 0.820. The molecule has 0 aliphatic carbocycles. The molecule has 128 valence electrons. The first kappa shape index (κ1) is 18.5. The number of hydrogen-bond acceptors (Lipinski definition) is 3. The van der Waals surface area contributed by atoms with Crippen molar-refractivity contribution in [2.24, 2.45) is 5.41 Å². The second-order valence-electron chi connectivity index (χ2n) is 6.30. The zero-order valence-corrected chi connectivity index (χ0v) is 15.1. The van der Waals surface area contributed by atoms with E-state index in [2.05, 4.69) is 10.6 Å². The number of hydrogen-bond donors (Lipinski definition) is 2. The molecule has 1 aliphatic heterocycles. The highest BCUT2D eigenvalue weighted by Gasteiger charge is 2.33. The molecule has 0 bridgehead atoms. The monoisotopic (exact) mass is 358 g/mol. The topological polar surface area (TPSA) is 50.4 Å². The lowest BCUT2D eigenvalue weighted by Gasteiger charge is -2.37. The lowest BCUT2D eigenvalue weighted by molar-refractivity contribution is -0.123. The minimum Gasteiger partial charge on any atom is -0.384 e. The van der Waals surface area contributed by atoms with Crippen molar-refractivity contribution >= 4 is 29.1 Å². The van der Waals surface area contributed by atoms with Crippen LogP contribution in [-0.4, -0.2) is 39.3 Å². The van der Waals surface area contributed by atoms with Gasteiger partial charge in [-0.15, -0.1) is 0 Å². The number of benzene rings is 1. The summed E-state index contributed by atoms with van der Waals surface area (Å²) in [6.07, 6.45) is 2.00. The van der Waals surface area contributed by atoms with Gasteiger partial charge in [0.05, 0.1) is 22.6 Å². The van der Waals surface area contributed by atoms with Crippen LogP contribution in [0.2, 0.25) is 10.0 Å². The Labute approximate surface area is 147 Å². The van der Waals surface area contributed by atoms with E-state index in [0.29, 0.717) is 23.2 Å². The van der Waals surface area contributed by atoms with E-state index < -0.39 is 0 Å². The molecule has 23 heavy (non-hydrogen) atoms. The highest BCUT2D eigenvalue weighted by Crippen LogP contribution is 2.29. The van der Waals surface area contributed by atoms with E-state index in [1.807, 2.05) is 13.0 Å². The van der Waals surface area contributed by atoms with Gasteiger partial charge in [-0.2, -0.15) is 0 Å². The first-order valence-corrected chi connectivity index (χ1v) is 8.65. The summed E-state index contributed by atoms with van der Waals surface area (Å²) in [4.78, 5) is 12.5. The van der Waals surface area contributed by atoms with Gasteiger partial charge in [-0.3, -0.25) is 4.79 Å². The number of carbonyl (C=O) groups is 1. The third kappa shape index (κ3) is 4.83. The van der Waals surface area contributed by atoms with Gasteiger partial charge < -0.3 is 15.4 Å². The summed E-state index contributed by atoms with van der Waals surface area (Å²) in [5, 5.41) is 7.41. The molecule has 0 spiro atoms. The van der Waals surface area contributed by atoms with Crippen LogP contribution >= 0.6 is 23.2 Å². The first-order chi connectivity index (χ1) is 11.0. The third-order valence-corrected chi connectivity index (χ3v) is 5.33. The zero-order valence-electron chi connectivity index (χ0n) is 13.6. The molecule has 0 saturated carbocycles. The first-order valence-electron chi connectivity index (χ1n) is 7.90. The summed E-state index contributed by atoms with van der Waals surface area (Å²) in [6.45, 7) is 5.09. The molecule has 4 nitrogen and oxygen atoms in total. The Morgan fingerprint density at radius 2 is 2.04 bits per heavy atom. The van der Waals surface area contributed by atoms with E-state index in [1.54, 1.807) is 19.2 Å². The molecule has 1 aliphatic rings. The number of methoxy groups -OCH3 is 1. The molecule has 2 N–H and O–H groups in total. The number of carbonyl (C=O) groups excluding carboxylic acids is 1.